The third-order valence-corrected chi connectivity index (χ3v) is 2.97. The Morgan fingerprint density at radius 2 is 2.21 bits per heavy atom. The van der Waals surface area contributed by atoms with E-state index in [1.807, 2.05) is 6.92 Å². The van der Waals surface area contributed by atoms with Crippen LogP contribution in [0.3, 0.4) is 0 Å². The molecule has 1 heterocycles. The van der Waals surface area contributed by atoms with Crippen molar-refractivity contribution < 1.29 is 0 Å². The molecule has 0 spiro atoms. The molecule has 1 rings (SSSR count). The fraction of sp³-hybridized carbons (Fsp3) is 0.778. The van der Waals surface area contributed by atoms with Gasteiger partial charge in [0.25, 0.3) is 0 Å². The van der Waals surface area contributed by atoms with Gasteiger partial charge in [0.05, 0.1) is 0 Å². The highest BCUT2D eigenvalue weighted by Gasteiger charge is 2.17. The Kier molecular flexibility index (Phi) is 4.13. The van der Waals surface area contributed by atoms with Crippen molar-refractivity contribution in [3.8, 4) is 0 Å². The van der Waals surface area contributed by atoms with Crippen LogP contribution in [0.2, 0.25) is 0 Å². The molecule has 0 fully saturated rings. The van der Waals surface area contributed by atoms with Gasteiger partial charge in [0.2, 0.25) is 5.13 Å². The number of alkyl halides is 1. The molecule has 1 N–H and O–H groups in total. The molecule has 0 atom stereocenters. The molecular weight excluding hydrogens is 218 g/mol. The summed E-state index contributed by atoms with van der Waals surface area (Å²) >= 11 is 7.12. The number of aryl methyl sites for hydroxylation is 1. The van der Waals surface area contributed by atoms with Crippen molar-refractivity contribution in [1.82, 2.24) is 9.36 Å². The number of nitrogens with zero attached hydrogens (tertiary/aromatic N) is 2. The summed E-state index contributed by atoms with van der Waals surface area (Å²) in [5.41, 5.74) is 0.210. The largest absolute Gasteiger partial charge is 0.360 e. The van der Waals surface area contributed by atoms with Crippen LogP contribution in [0.4, 0.5) is 5.13 Å². The predicted molar refractivity (Wildman–Crippen MR) is 62.3 cm³/mol. The SMILES string of the molecule is Cc1nsc(NCC(C)(C)CCCl)n1. The Bertz CT molecular complexity index is 285. The first-order valence-corrected chi connectivity index (χ1v) is 5.94. The zero-order valence-corrected chi connectivity index (χ0v) is 10.4. The molecule has 1 aromatic heterocycles. The summed E-state index contributed by atoms with van der Waals surface area (Å²) in [5.74, 6) is 1.52. The molecule has 5 heteroatoms. The van der Waals surface area contributed by atoms with Gasteiger partial charge in [0.15, 0.2) is 0 Å². The minimum Gasteiger partial charge on any atom is -0.360 e. The maximum absolute atomic E-state index is 5.72. The topological polar surface area (TPSA) is 37.8 Å². The quantitative estimate of drug-likeness (QED) is 0.795. The second-order valence-electron chi connectivity index (χ2n) is 4.10. The highest BCUT2D eigenvalue weighted by atomic mass is 35.5. The van der Waals surface area contributed by atoms with Gasteiger partial charge in [-0.3, -0.25) is 0 Å². The summed E-state index contributed by atoms with van der Waals surface area (Å²) in [4.78, 5) is 4.24. The summed E-state index contributed by atoms with van der Waals surface area (Å²) < 4.78 is 4.11. The van der Waals surface area contributed by atoms with Crippen molar-refractivity contribution in [2.75, 3.05) is 17.7 Å². The minimum atomic E-state index is 0.210. The third-order valence-electron chi connectivity index (χ3n) is 2.02. The first-order chi connectivity index (χ1) is 6.53. The monoisotopic (exact) mass is 233 g/mol. The Labute approximate surface area is 94.1 Å². The van der Waals surface area contributed by atoms with Crippen molar-refractivity contribution >= 4 is 28.3 Å². The van der Waals surface area contributed by atoms with E-state index in [9.17, 15) is 0 Å². The van der Waals surface area contributed by atoms with Gasteiger partial charge >= 0.3 is 0 Å². The van der Waals surface area contributed by atoms with E-state index in [2.05, 4.69) is 28.5 Å². The van der Waals surface area contributed by atoms with Gasteiger partial charge in [-0.15, -0.1) is 11.6 Å². The second kappa shape index (κ2) is 4.94. The van der Waals surface area contributed by atoms with Crippen molar-refractivity contribution in [2.24, 2.45) is 5.41 Å². The van der Waals surface area contributed by atoms with E-state index < -0.39 is 0 Å². The normalized spacial score (nSPS) is 11.7. The van der Waals surface area contributed by atoms with E-state index in [0.29, 0.717) is 5.88 Å². The molecule has 80 valence electrons. The lowest BCUT2D eigenvalue weighted by atomic mass is 9.90. The number of hydrogen-bond donors (Lipinski definition) is 1. The van der Waals surface area contributed by atoms with E-state index in [1.54, 1.807) is 0 Å². The van der Waals surface area contributed by atoms with Crippen LogP contribution in [0.15, 0.2) is 0 Å². The molecule has 3 nitrogen and oxygen atoms in total. The highest BCUT2D eigenvalue weighted by molar-refractivity contribution is 7.09. The number of rotatable bonds is 5. The molecule has 0 aromatic carbocycles. The number of halogens is 1. The molecule has 0 radical (unpaired) electrons. The van der Waals surface area contributed by atoms with E-state index in [1.165, 1.54) is 11.5 Å². The summed E-state index contributed by atoms with van der Waals surface area (Å²) in [7, 11) is 0. The molecule has 0 unspecified atom stereocenters. The first kappa shape index (κ1) is 11.7. The molecule has 14 heavy (non-hydrogen) atoms. The smallest absolute Gasteiger partial charge is 0.202 e. The molecular formula is C9H16ClN3S. The molecule has 1 aromatic rings. The van der Waals surface area contributed by atoms with E-state index in [-0.39, 0.29) is 5.41 Å². The summed E-state index contributed by atoms with van der Waals surface area (Å²) in [6.07, 6.45) is 0.999. The van der Waals surface area contributed by atoms with E-state index in [0.717, 1.165) is 23.9 Å². The lowest BCUT2D eigenvalue weighted by Crippen LogP contribution is -2.23. The third kappa shape index (κ3) is 3.80. The standard InChI is InChI=1S/C9H16ClN3S/c1-7-12-8(14-13-7)11-6-9(2,3)4-5-10/h4-6H2,1-3H3,(H,11,12,13). The van der Waals surface area contributed by atoms with Crippen molar-refractivity contribution in [2.45, 2.75) is 27.2 Å². The maximum atomic E-state index is 5.72. The fourth-order valence-corrected chi connectivity index (χ4v) is 2.11. The Hall–Kier alpha value is -0.350. The zero-order chi connectivity index (χ0) is 10.6. The molecule has 0 amide bonds. The van der Waals surface area contributed by atoms with Crippen LogP contribution in [0.25, 0.3) is 0 Å². The average Bonchev–Trinajstić information content (AvgIpc) is 2.48. The van der Waals surface area contributed by atoms with Crippen LogP contribution in [0.5, 0.6) is 0 Å². The van der Waals surface area contributed by atoms with Gasteiger partial charge < -0.3 is 5.32 Å². The van der Waals surface area contributed by atoms with Crippen LogP contribution < -0.4 is 5.32 Å². The van der Waals surface area contributed by atoms with Crippen LogP contribution in [0.1, 0.15) is 26.1 Å². The fourth-order valence-electron chi connectivity index (χ4n) is 1.03. The zero-order valence-electron chi connectivity index (χ0n) is 8.80. The van der Waals surface area contributed by atoms with Gasteiger partial charge in [-0.25, -0.2) is 4.98 Å². The van der Waals surface area contributed by atoms with Crippen LogP contribution >= 0.6 is 23.1 Å². The lowest BCUT2D eigenvalue weighted by Gasteiger charge is -2.23. The summed E-state index contributed by atoms with van der Waals surface area (Å²) in [6, 6.07) is 0. The Balaban J connectivity index is 2.40. The van der Waals surface area contributed by atoms with Gasteiger partial charge in [-0.2, -0.15) is 4.37 Å². The number of nitrogens with one attached hydrogen (secondary N) is 1. The van der Waals surface area contributed by atoms with Crippen molar-refractivity contribution in [1.29, 1.82) is 0 Å². The molecule has 0 aliphatic carbocycles. The lowest BCUT2D eigenvalue weighted by molar-refractivity contribution is 0.379. The van der Waals surface area contributed by atoms with Crippen molar-refractivity contribution in [3.05, 3.63) is 5.82 Å². The molecule has 0 saturated heterocycles. The van der Waals surface area contributed by atoms with Gasteiger partial charge in [0, 0.05) is 24.0 Å². The number of hydrogen-bond acceptors (Lipinski definition) is 4. The summed E-state index contributed by atoms with van der Waals surface area (Å²) in [6.45, 7) is 7.16. The molecule has 0 aliphatic rings. The molecule has 0 bridgehead atoms. The van der Waals surface area contributed by atoms with Crippen LogP contribution in [-0.2, 0) is 0 Å². The van der Waals surface area contributed by atoms with E-state index in [4.69, 9.17) is 11.6 Å². The molecule has 0 aliphatic heterocycles. The highest BCUT2D eigenvalue weighted by Crippen LogP contribution is 2.22. The van der Waals surface area contributed by atoms with Crippen molar-refractivity contribution in [3.63, 3.8) is 0 Å². The summed E-state index contributed by atoms with van der Waals surface area (Å²) in [5, 5.41) is 4.17. The first-order valence-electron chi connectivity index (χ1n) is 4.64. The Morgan fingerprint density at radius 3 is 2.71 bits per heavy atom. The number of aromatic nitrogens is 2. The Morgan fingerprint density at radius 1 is 1.50 bits per heavy atom. The van der Waals surface area contributed by atoms with Gasteiger partial charge in [-0.05, 0) is 18.8 Å². The second-order valence-corrected chi connectivity index (χ2v) is 5.23. The van der Waals surface area contributed by atoms with Gasteiger partial charge in [-0.1, -0.05) is 13.8 Å². The molecule has 0 saturated carbocycles. The average molecular weight is 234 g/mol. The maximum Gasteiger partial charge on any atom is 0.202 e. The minimum absolute atomic E-state index is 0.210. The predicted octanol–water partition coefficient (Wildman–Crippen LogP) is 2.91. The van der Waals surface area contributed by atoms with Crippen LogP contribution in [0, 0.1) is 12.3 Å². The number of anilines is 1. The van der Waals surface area contributed by atoms with Gasteiger partial charge in [0.1, 0.15) is 5.82 Å². The van der Waals surface area contributed by atoms with E-state index >= 15 is 0 Å². The van der Waals surface area contributed by atoms with Crippen LogP contribution in [-0.4, -0.2) is 21.8 Å².